The van der Waals surface area contributed by atoms with Crippen LogP contribution < -0.4 is 4.74 Å². The smallest absolute Gasteiger partial charge is 0.375 e. The van der Waals surface area contributed by atoms with Crippen LogP contribution in [0.1, 0.15) is 22.0 Å². The molecule has 0 unspecified atom stereocenters. The minimum Gasteiger partial charge on any atom is -0.497 e. The van der Waals surface area contributed by atoms with Gasteiger partial charge in [0.2, 0.25) is 11.7 Å². The highest BCUT2D eigenvalue weighted by Crippen LogP contribution is 2.29. The molecule has 0 saturated heterocycles. The van der Waals surface area contributed by atoms with Crippen molar-refractivity contribution in [3.8, 4) is 17.2 Å². The highest BCUT2D eigenvalue weighted by Gasteiger charge is 2.20. The van der Waals surface area contributed by atoms with Crippen molar-refractivity contribution in [1.29, 1.82) is 0 Å². The van der Waals surface area contributed by atoms with Gasteiger partial charge in [-0.1, -0.05) is 11.6 Å². The van der Waals surface area contributed by atoms with Gasteiger partial charge in [0.05, 0.1) is 7.11 Å². The maximum atomic E-state index is 12.4. The van der Waals surface area contributed by atoms with Crippen LogP contribution in [0.5, 0.6) is 5.75 Å². The van der Waals surface area contributed by atoms with E-state index in [0.29, 0.717) is 27.8 Å². The molecule has 7 nitrogen and oxygen atoms in total. The standard InChI is InChI=1S/C20H15ClN2O5/c1-11-15-9-14(25-2)7-8-16(15)27-18(11)20(24)26-10-17-22-23-19(28-17)12-3-5-13(21)6-4-12/h3-9H,10H2,1-2H3. The molecule has 8 heteroatoms. The van der Waals surface area contributed by atoms with E-state index in [1.54, 1.807) is 56.5 Å². The number of esters is 1. The molecule has 0 radical (unpaired) electrons. The Bertz CT molecular complexity index is 1150. The molecule has 0 fully saturated rings. The number of hydrogen-bond donors (Lipinski definition) is 0. The van der Waals surface area contributed by atoms with Crippen LogP contribution >= 0.6 is 11.6 Å². The number of fused-ring (bicyclic) bond motifs is 1. The van der Waals surface area contributed by atoms with Gasteiger partial charge in [0, 0.05) is 21.5 Å². The molecule has 4 aromatic rings. The van der Waals surface area contributed by atoms with Gasteiger partial charge in [0.25, 0.3) is 5.89 Å². The molecule has 0 N–H and O–H groups in total. The summed E-state index contributed by atoms with van der Waals surface area (Å²) in [4.78, 5) is 12.4. The maximum Gasteiger partial charge on any atom is 0.375 e. The third-order valence-corrected chi connectivity index (χ3v) is 4.47. The largest absolute Gasteiger partial charge is 0.497 e. The summed E-state index contributed by atoms with van der Waals surface area (Å²) in [5.41, 5.74) is 1.97. The molecule has 2 aromatic carbocycles. The fourth-order valence-electron chi connectivity index (χ4n) is 2.74. The fraction of sp³-hybridized carbons (Fsp3) is 0.150. The Hall–Kier alpha value is -3.32. The van der Waals surface area contributed by atoms with E-state index in [2.05, 4.69) is 10.2 Å². The van der Waals surface area contributed by atoms with Gasteiger partial charge in [0.1, 0.15) is 11.3 Å². The first-order chi connectivity index (χ1) is 13.5. The summed E-state index contributed by atoms with van der Waals surface area (Å²) in [6.07, 6.45) is 0. The first-order valence-corrected chi connectivity index (χ1v) is 8.75. The van der Waals surface area contributed by atoms with Crippen LogP contribution in [0.2, 0.25) is 5.02 Å². The van der Waals surface area contributed by atoms with E-state index in [-0.39, 0.29) is 18.3 Å². The SMILES string of the molecule is COc1ccc2oc(C(=O)OCc3nnc(-c4ccc(Cl)cc4)o3)c(C)c2c1. The first kappa shape index (κ1) is 18.1. The molecular formula is C20H15ClN2O5. The minimum atomic E-state index is -0.612. The van der Waals surface area contributed by atoms with Crippen LogP contribution in [0.15, 0.2) is 51.3 Å². The molecule has 0 saturated carbocycles. The summed E-state index contributed by atoms with van der Waals surface area (Å²) in [7, 11) is 1.58. The van der Waals surface area contributed by atoms with Crippen molar-refractivity contribution < 1.29 is 23.1 Å². The third-order valence-electron chi connectivity index (χ3n) is 4.21. The monoisotopic (exact) mass is 398 g/mol. The minimum absolute atomic E-state index is 0.126. The summed E-state index contributed by atoms with van der Waals surface area (Å²) in [6.45, 7) is 1.62. The number of aryl methyl sites for hydroxylation is 1. The summed E-state index contributed by atoms with van der Waals surface area (Å²) in [5, 5.41) is 9.24. The lowest BCUT2D eigenvalue weighted by atomic mass is 10.1. The predicted molar refractivity (Wildman–Crippen MR) is 101 cm³/mol. The number of ether oxygens (including phenoxy) is 2. The second-order valence-electron chi connectivity index (χ2n) is 6.00. The van der Waals surface area contributed by atoms with Crippen LogP contribution in [-0.2, 0) is 11.3 Å². The van der Waals surface area contributed by atoms with Gasteiger partial charge in [0.15, 0.2) is 6.61 Å². The van der Waals surface area contributed by atoms with Crippen molar-refractivity contribution in [1.82, 2.24) is 10.2 Å². The van der Waals surface area contributed by atoms with Gasteiger partial charge in [-0.25, -0.2) is 4.79 Å². The number of aromatic nitrogens is 2. The number of rotatable bonds is 5. The zero-order chi connectivity index (χ0) is 19.7. The quantitative estimate of drug-likeness (QED) is 0.446. The van der Waals surface area contributed by atoms with Crippen molar-refractivity contribution in [2.75, 3.05) is 7.11 Å². The second-order valence-corrected chi connectivity index (χ2v) is 6.44. The number of nitrogens with zero attached hydrogens (tertiary/aromatic N) is 2. The van der Waals surface area contributed by atoms with E-state index in [0.717, 1.165) is 10.9 Å². The van der Waals surface area contributed by atoms with E-state index >= 15 is 0 Å². The Morgan fingerprint density at radius 3 is 2.64 bits per heavy atom. The van der Waals surface area contributed by atoms with Gasteiger partial charge in [-0.15, -0.1) is 10.2 Å². The molecule has 2 heterocycles. The number of carbonyl (C=O) groups is 1. The number of carbonyl (C=O) groups excluding carboxylic acids is 1. The van der Waals surface area contributed by atoms with Crippen LogP contribution in [0.3, 0.4) is 0 Å². The molecule has 28 heavy (non-hydrogen) atoms. The number of methoxy groups -OCH3 is 1. The zero-order valence-electron chi connectivity index (χ0n) is 15.1. The molecule has 0 amide bonds. The molecule has 0 atom stereocenters. The third kappa shape index (κ3) is 3.44. The van der Waals surface area contributed by atoms with Crippen LogP contribution in [0.4, 0.5) is 0 Å². The zero-order valence-corrected chi connectivity index (χ0v) is 15.8. The predicted octanol–water partition coefficient (Wildman–Crippen LogP) is 4.81. The van der Waals surface area contributed by atoms with Crippen LogP contribution in [0, 0.1) is 6.92 Å². The first-order valence-electron chi connectivity index (χ1n) is 8.37. The van der Waals surface area contributed by atoms with Gasteiger partial charge in [-0.05, 0) is 49.4 Å². The van der Waals surface area contributed by atoms with Crippen molar-refractivity contribution in [2.45, 2.75) is 13.5 Å². The molecule has 4 rings (SSSR count). The Kier molecular flexibility index (Phi) is 4.75. The van der Waals surface area contributed by atoms with E-state index in [1.807, 2.05) is 0 Å². The van der Waals surface area contributed by atoms with Gasteiger partial charge in [-0.3, -0.25) is 0 Å². The van der Waals surface area contributed by atoms with Crippen molar-refractivity contribution in [2.24, 2.45) is 0 Å². The number of hydrogen-bond acceptors (Lipinski definition) is 7. The highest BCUT2D eigenvalue weighted by molar-refractivity contribution is 6.30. The number of furan rings is 1. The van der Waals surface area contributed by atoms with Crippen LogP contribution in [0.25, 0.3) is 22.4 Å². The van der Waals surface area contributed by atoms with Gasteiger partial charge < -0.3 is 18.3 Å². The average molecular weight is 399 g/mol. The van der Waals surface area contributed by atoms with E-state index in [1.165, 1.54) is 0 Å². The average Bonchev–Trinajstić information content (AvgIpc) is 3.31. The van der Waals surface area contributed by atoms with Crippen LogP contribution in [-0.4, -0.2) is 23.3 Å². The molecule has 0 aliphatic rings. The van der Waals surface area contributed by atoms with E-state index < -0.39 is 5.97 Å². The van der Waals surface area contributed by atoms with Crippen molar-refractivity contribution >= 4 is 28.5 Å². The molecule has 142 valence electrons. The molecule has 0 aliphatic heterocycles. The number of halogens is 1. The van der Waals surface area contributed by atoms with E-state index in [9.17, 15) is 4.79 Å². The Labute approximate surface area is 164 Å². The Balaban J connectivity index is 1.48. The topological polar surface area (TPSA) is 87.6 Å². The summed E-state index contributed by atoms with van der Waals surface area (Å²) in [6, 6.07) is 12.3. The maximum absolute atomic E-state index is 12.4. The lowest BCUT2D eigenvalue weighted by molar-refractivity contribution is 0.0404. The Morgan fingerprint density at radius 2 is 1.89 bits per heavy atom. The highest BCUT2D eigenvalue weighted by atomic mass is 35.5. The summed E-state index contributed by atoms with van der Waals surface area (Å²) in [5.74, 6) is 0.681. The molecule has 0 aliphatic carbocycles. The van der Waals surface area contributed by atoms with Crippen molar-refractivity contribution in [3.63, 3.8) is 0 Å². The summed E-state index contributed by atoms with van der Waals surface area (Å²) >= 11 is 5.87. The Morgan fingerprint density at radius 1 is 1.11 bits per heavy atom. The molecule has 0 bridgehead atoms. The lowest BCUT2D eigenvalue weighted by Gasteiger charge is -2.00. The fourth-order valence-corrected chi connectivity index (χ4v) is 2.86. The van der Waals surface area contributed by atoms with Crippen molar-refractivity contribution in [3.05, 3.63) is 64.7 Å². The van der Waals surface area contributed by atoms with Gasteiger partial charge >= 0.3 is 5.97 Å². The lowest BCUT2D eigenvalue weighted by Crippen LogP contribution is -2.05. The van der Waals surface area contributed by atoms with Gasteiger partial charge in [-0.2, -0.15) is 0 Å². The normalized spacial score (nSPS) is 11.0. The van der Waals surface area contributed by atoms with E-state index in [4.69, 9.17) is 29.9 Å². The second kappa shape index (κ2) is 7.36. The molecular weight excluding hydrogens is 384 g/mol. The summed E-state index contributed by atoms with van der Waals surface area (Å²) < 4.78 is 21.6. The molecule has 0 spiro atoms. The molecule has 2 aromatic heterocycles. The number of benzene rings is 2.